The second kappa shape index (κ2) is 9.56. The predicted octanol–water partition coefficient (Wildman–Crippen LogP) is 3.68. The van der Waals surface area contributed by atoms with Crippen molar-refractivity contribution in [2.75, 3.05) is 38.6 Å². The SMILES string of the molecule is CCN(CC)CCCC(C)N=Cc1ccc(N(C)C)cc1. The van der Waals surface area contributed by atoms with Crippen LogP contribution in [0.1, 0.15) is 39.2 Å². The normalized spacial score (nSPS) is 13.0. The van der Waals surface area contributed by atoms with Gasteiger partial charge in [-0.1, -0.05) is 26.0 Å². The molecular formula is C18H31N3. The third kappa shape index (κ3) is 6.76. The molecule has 0 saturated heterocycles. The van der Waals surface area contributed by atoms with Crippen LogP contribution in [-0.2, 0) is 0 Å². The number of benzene rings is 1. The van der Waals surface area contributed by atoms with Crippen molar-refractivity contribution in [2.45, 2.75) is 39.7 Å². The van der Waals surface area contributed by atoms with Crippen LogP contribution in [0.5, 0.6) is 0 Å². The minimum Gasteiger partial charge on any atom is -0.378 e. The Kier molecular flexibility index (Phi) is 8.06. The lowest BCUT2D eigenvalue weighted by Gasteiger charge is -2.18. The van der Waals surface area contributed by atoms with Crippen LogP contribution in [0.25, 0.3) is 0 Å². The van der Waals surface area contributed by atoms with Crippen molar-refractivity contribution in [3.05, 3.63) is 29.8 Å². The van der Waals surface area contributed by atoms with Crippen LogP contribution in [0.3, 0.4) is 0 Å². The Morgan fingerprint density at radius 2 is 1.71 bits per heavy atom. The van der Waals surface area contributed by atoms with E-state index in [2.05, 4.69) is 73.9 Å². The third-order valence-corrected chi connectivity index (χ3v) is 3.88. The van der Waals surface area contributed by atoms with Crippen molar-refractivity contribution in [3.8, 4) is 0 Å². The first-order valence-corrected chi connectivity index (χ1v) is 8.09. The first kappa shape index (κ1) is 17.7. The molecule has 0 aliphatic carbocycles. The summed E-state index contributed by atoms with van der Waals surface area (Å²) in [5.74, 6) is 0. The Hall–Kier alpha value is -1.35. The Morgan fingerprint density at radius 3 is 2.24 bits per heavy atom. The van der Waals surface area contributed by atoms with E-state index in [1.54, 1.807) is 0 Å². The van der Waals surface area contributed by atoms with E-state index in [1.807, 2.05) is 6.21 Å². The van der Waals surface area contributed by atoms with Crippen LogP contribution < -0.4 is 4.90 Å². The molecule has 0 radical (unpaired) electrons. The fraction of sp³-hybridized carbons (Fsp3) is 0.611. The lowest BCUT2D eigenvalue weighted by atomic mass is 10.1. The Morgan fingerprint density at radius 1 is 1.10 bits per heavy atom. The van der Waals surface area contributed by atoms with Crippen LogP contribution in [0.4, 0.5) is 5.69 Å². The molecule has 3 nitrogen and oxygen atoms in total. The summed E-state index contributed by atoms with van der Waals surface area (Å²) in [7, 11) is 4.11. The zero-order valence-corrected chi connectivity index (χ0v) is 14.3. The molecule has 0 aromatic heterocycles. The summed E-state index contributed by atoms with van der Waals surface area (Å²) >= 11 is 0. The van der Waals surface area contributed by atoms with Crippen molar-refractivity contribution in [3.63, 3.8) is 0 Å². The second-order valence-corrected chi connectivity index (χ2v) is 5.78. The first-order chi connectivity index (χ1) is 10.1. The summed E-state index contributed by atoms with van der Waals surface area (Å²) in [6, 6.07) is 8.91. The van der Waals surface area contributed by atoms with Crippen LogP contribution in [0.2, 0.25) is 0 Å². The summed E-state index contributed by atoms with van der Waals surface area (Å²) in [4.78, 5) is 9.24. The molecule has 1 aromatic rings. The minimum atomic E-state index is 0.397. The van der Waals surface area contributed by atoms with Gasteiger partial charge < -0.3 is 9.80 Å². The van der Waals surface area contributed by atoms with E-state index < -0.39 is 0 Å². The van der Waals surface area contributed by atoms with Gasteiger partial charge in [0.05, 0.1) is 0 Å². The molecule has 118 valence electrons. The van der Waals surface area contributed by atoms with Crippen molar-refractivity contribution in [1.82, 2.24) is 4.90 Å². The van der Waals surface area contributed by atoms with Crippen molar-refractivity contribution in [1.29, 1.82) is 0 Å². The largest absolute Gasteiger partial charge is 0.378 e. The lowest BCUT2D eigenvalue weighted by Crippen LogP contribution is -2.24. The van der Waals surface area contributed by atoms with E-state index in [0.29, 0.717) is 6.04 Å². The molecule has 1 unspecified atom stereocenters. The van der Waals surface area contributed by atoms with Gasteiger partial charge in [0.15, 0.2) is 0 Å². The van der Waals surface area contributed by atoms with Gasteiger partial charge in [0.25, 0.3) is 0 Å². The molecule has 0 amide bonds. The molecule has 1 rings (SSSR count). The highest BCUT2D eigenvalue weighted by molar-refractivity contribution is 5.80. The van der Waals surface area contributed by atoms with Gasteiger partial charge in [-0.3, -0.25) is 4.99 Å². The Bertz CT molecular complexity index is 405. The van der Waals surface area contributed by atoms with Crippen molar-refractivity contribution < 1.29 is 0 Å². The van der Waals surface area contributed by atoms with Gasteiger partial charge in [-0.05, 0) is 57.1 Å². The van der Waals surface area contributed by atoms with Gasteiger partial charge in [0.2, 0.25) is 0 Å². The highest BCUT2D eigenvalue weighted by Gasteiger charge is 2.02. The van der Waals surface area contributed by atoms with E-state index in [-0.39, 0.29) is 0 Å². The molecule has 0 heterocycles. The monoisotopic (exact) mass is 289 g/mol. The highest BCUT2D eigenvalue weighted by Crippen LogP contribution is 2.11. The molecule has 21 heavy (non-hydrogen) atoms. The third-order valence-electron chi connectivity index (χ3n) is 3.88. The average molecular weight is 289 g/mol. The van der Waals surface area contributed by atoms with E-state index in [9.17, 15) is 0 Å². The van der Waals surface area contributed by atoms with Gasteiger partial charge in [-0.25, -0.2) is 0 Å². The van der Waals surface area contributed by atoms with Gasteiger partial charge in [0, 0.05) is 32.0 Å². The topological polar surface area (TPSA) is 18.8 Å². The molecule has 0 aliphatic heterocycles. The molecule has 0 saturated carbocycles. The quantitative estimate of drug-likeness (QED) is 0.646. The van der Waals surface area contributed by atoms with Gasteiger partial charge in [0.1, 0.15) is 0 Å². The molecule has 1 atom stereocenters. The number of nitrogens with zero attached hydrogens (tertiary/aromatic N) is 3. The predicted molar refractivity (Wildman–Crippen MR) is 94.8 cm³/mol. The number of hydrogen-bond donors (Lipinski definition) is 0. The van der Waals surface area contributed by atoms with Gasteiger partial charge in [-0.15, -0.1) is 0 Å². The maximum Gasteiger partial charge on any atom is 0.0472 e. The smallest absolute Gasteiger partial charge is 0.0472 e. The average Bonchev–Trinajstić information content (AvgIpc) is 2.50. The minimum absolute atomic E-state index is 0.397. The molecular weight excluding hydrogens is 258 g/mol. The Balaban J connectivity index is 2.37. The molecule has 0 N–H and O–H groups in total. The fourth-order valence-electron chi connectivity index (χ4n) is 2.30. The fourth-order valence-corrected chi connectivity index (χ4v) is 2.30. The summed E-state index contributed by atoms with van der Waals surface area (Å²) in [5.41, 5.74) is 2.40. The number of anilines is 1. The standard InChI is InChI=1S/C18H31N3/c1-6-21(7-2)14-8-9-16(3)19-15-17-10-12-18(13-11-17)20(4)5/h10-13,15-16H,6-9,14H2,1-5H3. The van der Waals surface area contributed by atoms with Crippen molar-refractivity contribution in [2.24, 2.45) is 4.99 Å². The summed E-state index contributed by atoms with van der Waals surface area (Å²) in [6.07, 6.45) is 4.38. The first-order valence-electron chi connectivity index (χ1n) is 8.09. The Labute approximate surface area is 130 Å². The van der Waals surface area contributed by atoms with E-state index >= 15 is 0 Å². The van der Waals surface area contributed by atoms with Crippen LogP contribution in [0.15, 0.2) is 29.3 Å². The summed E-state index contributed by atoms with van der Waals surface area (Å²) < 4.78 is 0. The summed E-state index contributed by atoms with van der Waals surface area (Å²) in [6.45, 7) is 10.1. The highest BCUT2D eigenvalue weighted by atomic mass is 15.1. The van der Waals surface area contributed by atoms with E-state index in [4.69, 9.17) is 0 Å². The van der Waals surface area contributed by atoms with Crippen LogP contribution in [0, 0.1) is 0 Å². The van der Waals surface area contributed by atoms with Crippen molar-refractivity contribution >= 4 is 11.9 Å². The molecule has 3 heteroatoms. The maximum atomic E-state index is 4.66. The van der Waals surface area contributed by atoms with E-state index in [1.165, 1.54) is 24.2 Å². The van der Waals surface area contributed by atoms with Gasteiger partial charge in [-0.2, -0.15) is 0 Å². The molecule has 0 aliphatic rings. The molecule has 0 spiro atoms. The van der Waals surface area contributed by atoms with Crippen LogP contribution >= 0.6 is 0 Å². The summed E-state index contributed by atoms with van der Waals surface area (Å²) in [5, 5.41) is 0. The number of rotatable bonds is 9. The lowest BCUT2D eigenvalue weighted by molar-refractivity contribution is 0.294. The van der Waals surface area contributed by atoms with Gasteiger partial charge >= 0.3 is 0 Å². The zero-order chi connectivity index (χ0) is 15.7. The maximum absolute atomic E-state index is 4.66. The zero-order valence-electron chi connectivity index (χ0n) is 14.3. The number of hydrogen-bond acceptors (Lipinski definition) is 3. The number of aliphatic imine (C=N–C) groups is 1. The van der Waals surface area contributed by atoms with Crippen LogP contribution in [-0.4, -0.2) is 50.9 Å². The molecule has 0 fully saturated rings. The molecule has 0 bridgehead atoms. The molecule has 1 aromatic carbocycles. The second-order valence-electron chi connectivity index (χ2n) is 5.78. The van der Waals surface area contributed by atoms with E-state index in [0.717, 1.165) is 19.5 Å².